The summed E-state index contributed by atoms with van der Waals surface area (Å²) in [7, 11) is -2.09. The monoisotopic (exact) mass is 635 g/mol. The van der Waals surface area contributed by atoms with Gasteiger partial charge >= 0.3 is 8.60 Å². The van der Waals surface area contributed by atoms with Crippen molar-refractivity contribution in [1.82, 2.24) is 4.68 Å². The lowest BCUT2D eigenvalue weighted by atomic mass is 10.0. The molecular formula is C33H58N5O5P. The predicted octanol–water partition coefficient (Wildman–Crippen LogP) is 7.74. The summed E-state index contributed by atoms with van der Waals surface area (Å²) >= 11 is 0. The number of nitrogens with one attached hydrogen (secondary N) is 1. The highest BCUT2D eigenvalue weighted by molar-refractivity contribution is 7.40. The summed E-state index contributed by atoms with van der Waals surface area (Å²) in [6.45, 7) is 4.32. The van der Waals surface area contributed by atoms with E-state index in [0.29, 0.717) is 45.0 Å². The second-order valence-electron chi connectivity index (χ2n) is 12.2. The van der Waals surface area contributed by atoms with Gasteiger partial charge in [-0.25, -0.2) is 4.99 Å². The molecule has 3 rings (SSSR count). The molecular weight excluding hydrogens is 577 g/mol. The minimum Gasteiger partial charge on any atom is -0.382 e. The van der Waals surface area contributed by atoms with Gasteiger partial charge in [-0.05, 0) is 37.8 Å². The summed E-state index contributed by atoms with van der Waals surface area (Å²) in [4.78, 5) is 14.4. The minimum atomic E-state index is -2.09. The zero-order chi connectivity index (χ0) is 31.3. The van der Waals surface area contributed by atoms with Gasteiger partial charge < -0.3 is 34.6 Å². The van der Waals surface area contributed by atoms with Crippen molar-refractivity contribution in [2.45, 2.75) is 141 Å². The topological polar surface area (TPSA) is 136 Å². The number of ether oxygens (including phenoxy) is 2. The largest absolute Gasteiger partial charge is 0.382 e. The number of aromatic nitrogens is 1. The smallest absolute Gasteiger partial charge is 0.329 e. The molecule has 1 fully saturated rings. The molecule has 3 atom stereocenters. The summed E-state index contributed by atoms with van der Waals surface area (Å²) in [5.41, 5.74) is 9.68. The van der Waals surface area contributed by atoms with E-state index in [0.717, 1.165) is 24.4 Å². The molecule has 0 saturated carbocycles. The van der Waals surface area contributed by atoms with E-state index >= 15 is 0 Å². The number of unbranched alkanes of at least 4 members (excludes halogenated alkanes) is 15. The normalized spacial score (nSPS) is 20.2. The minimum absolute atomic E-state index is 0.0530. The first kappa shape index (κ1) is 36.7. The first-order valence-electron chi connectivity index (χ1n) is 17.3. The van der Waals surface area contributed by atoms with Gasteiger partial charge in [0.1, 0.15) is 30.4 Å². The fourth-order valence-corrected chi connectivity index (χ4v) is 6.57. The molecule has 0 amide bonds. The summed E-state index contributed by atoms with van der Waals surface area (Å²) < 4.78 is 24.7. The quantitative estimate of drug-likeness (QED) is 0.0695. The van der Waals surface area contributed by atoms with Crippen molar-refractivity contribution < 1.29 is 23.4 Å². The molecule has 0 radical (unpaired) electrons. The van der Waals surface area contributed by atoms with Crippen LogP contribution in [0.1, 0.15) is 146 Å². The van der Waals surface area contributed by atoms with E-state index < -0.39 is 14.2 Å². The lowest BCUT2D eigenvalue weighted by Gasteiger charge is -2.24. The number of fused-ring (bicyclic) bond motifs is 1. The Labute approximate surface area is 267 Å². The third kappa shape index (κ3) is 13.3. The zero-order valence-electron chi connectivity index (χ0n) is 27.1. The van der Waals surface area contributed by atoms with Crippen LogP contribution in [-0.4, -0.2) is 54.1 Å². The van der Waals surface area contributed by atoms with Crippen molar-refractivity contribution in [3.63, 3.8) is 0 Å². The molecule has 4 N–H and O–H groups in total. The number of hydrogen-bond acceptors (Lipinski definition) is 9. The standard InChI is InChI=1S/C33H58N5O5P/c1-2-3-4-5-6-7-8-9-10-11-12-13-14-15-16-17-23-40-24-18-25-41-44(39)42-27-33(26-34)22-21-31(43-33)29-19-20-30-32(35)36-28-37-38(29)30/h19-20,31,37,39H,2-18,21-25,27-28H2,1H3,(H2,35,36). The molecule has 44 heavy (non-hydrogen) atoms. The van der Waals surface area contributed by atoms with Gasteiger partial charge in [0.15, 0.2) is 5.60 Å². The number of nitrogens with two attached hydrogens (primary N) is 1. The number of hydrogen-bond donors (Lipinski definition) is 3. The van der Waals surface area contributed by atoms with Crippen LogP contribution >= 0.6 is 8.60 Å². The molecule has 10 nitrogen and oxygen atoms in total. The van der Waals surface area contributed by atoms with Gasteiger partial charge in [-0.1, -0.05) is 103 Å². The number of aliphatic imine (C=N–C) groups is 1. The van der Waals surface area contributed by atoms with Crippen LogP contribution in [0.25, 0.3) is 0 Å². The number of rotatable bonds is 26. The molecule has 1 saturated heterocycles. The molecule has 1 aromatic heterocycles. The third-order valence-corrected chi connectivity index (χ3v) is 9.30. The van der Waals surface area contributed by atoms with Crippen LogP contribution in [0, 0.1) is 11.3 Å². The van der Waals surface area contributed by atoms with Crippen molar-refractivity contribution in [2.24, 2.45) is 10.7 Å². The predicted molar refractivity (Wildman–Crippen MR) is 177 cm³/mol. The highest BCUT2D eigenvalue weighted by Gasteiger charge is 2.43. The van der Waals surface area contributed by atoms with Crippen LogP contribution in [0.4, 0.5) is 0 Å². The Morgan fingerprint density at radius 2 is 1.57 bits per heavy atom. The van der Waals surface area contributed by atoms with Crippen LogP contribution in [0.15, 0.2) is 17.1 Å². The van der Waals surface area contributed by atoms with Gasteiger partial charge in [-0.3, -0.25) is 4.68 Å². The van der Waals surface area contributed by atoms with Crippen LogP contribution in [-0.2, 0) is 18.5 Å². The van der Waals surface area contributed by atoms with Crippen LogP contribution in [0.5, 0.6) is 0 Å². The molecule has 0 bridgehead atoms. The molecule has 3 heterocycles. The van der Waals surface area contributed by atoms with Crippen LogP contribution in [0.3, 0.4) is 0 Å². The van der Waals surface area contributed by atoms with Gasteiger partial charge in [-0.2, -0.15) is 5.26 Å². The number of amidine groups is 1. The Balaban J connectivity index is 1.10. The van der Waals surface area contributed by atoms with Crippen LogP contribution in [0.2, 0.25) is 0 Å². The van der Waals surface area contributed by atoms with E-state index in [1.807, 2.05) is 16.8 Å². The fourth-order valence-electron chi connectivity index (χ4n) is 5.89. The SMILES string of the molecule is CCCCCCCCCCCCCCCCCCOCCCOP(O)OCC1(C#N)CCC(c2ccc3n2NCN=C3N)O1. The van der Waals surface area contributed by atoms with E-state index in [1.165, 1.54) is 96.3 Å². The Kier molecular flexibility index (Phi) is 18.3. The molecule has 2 aliphatic heterocycles. The Hall–Kier alpha value is -1.73. The maximum absolute atomic E-state index is 10.2. The zero-order valence-corrected chi connectivity index (χ0v) is 28.0. The van der Waals surface area contributed by atoms with E-state index in [1.54, 1.807) is 0 Å². The summed E-state index contributed by atoms with van der Waals surface area (Å²) in [5, 5.41) is 9.83. The third-order valence-electron chi connectivity index (χ3n) is 8.55. The van der Waals surface area contributed by atoms with Crippen molar-refractivity contribution in [2.75, 3.05) is 38.5 Å². The molecule has 1 aromatic rings. The summed E-state index contributed by atoms with van der Waals surface area (Å²) in [5.74, 6) is 0.469. The van der Waals surface area contributed by atoms with Gasteiger partial charge in [-0.15, -0.1) is 0 Å². The van der Waals surface area contributed by atoms with Crippen molar-refractivity contribution in [3.05, 3.63) is 23.5 Å². The Bertz CT molecular complexity index is 986. The fraction of sp³-hybridized carbons (Fsp3) is 0.818. The molecule has 0 spiro atoms. The summed E-state index contributed by atoms with van der Waals surface area (Å²) in [6.07, 6.45) is 23.3. The van der Waals surface area contributed by atoms with Crippen molar-refractivity contribution in [1.29, 1.82) is 5.26 Å². The van der Waals surface area contributed by atoms with Crippen LogP contribution < -0.4 is 11.2 Å². The van der Waals surface area contributed by atoms with E-state index in [-0.39, 0.29) is 12.7 Å². The lowest BCUT2D eigenvalue weighted by Crippen LogP contribution is -2.34. The molecule has 2 aliphatic rings. The van der Waals surface area contributed by atoms with Gasteiger partial charge in [0, 0.05) is 13.2 Å². The highest BCUT2D eigenvalue weighted by atomic mass is 31.2. The molecule has 0 aliphatic carbocycles. The second-order valence-corrected chi connectivity index (χ2v) is 13.2. The van der Waals surface area contributed by atoms with Gasteiger partial charge in [0.2, 0.25) is 0 Å². The average Bonchev–Trinajstić information content (AvgIpc) is 3.66. The maximum Gasteiger partial charge on any atom is 0.329 e. The summed E-state index contributed by atoms with van der Waals surface area (Å²) in [6, 6.07) is 6.06. The lowest BCUT2D eigenvalue weighted by molar-refractivity contribution is -0.0362. The molecule has 11 heteroatoms. The van der Waals surface area contributed by atoms with E-state index in [4.69, 9.17) is 24.3 Å². The van der Waals surface area contributed by atoms with E-state index in [2.05, 4.69) is 23.4 Å². The molecule has 0 aromatic carbocycles. The average molecular weight is 636 g/mol. The Morgan fingerprint density at radius 3 is 2.20 bits per heavy atom. The highest BCUT2D eigenvalue weighted by Crippen LogP contribution is 2.43. The van der Waals surface area contributed by atoms with Crippen molar-refractivity contribution in [3.8, 4) is 6.07 Å². The number of nitriles is 1. The van der Waals surface area contributed by atoms with Gasteiger partial charge in [0.25, 0.3) is 0 Å². The molecule has 3 unspecified atom stereocenters. The number of nitrogens with zero attached hydrogens (tertiary/aromatic N) is 3. The maximum atomic E-state index is 10.2. The Morgan fingerprint density at radius 1 is 0.955 bits per heavy atom. The molecule has 250 valence electrons. The van der Waals surface area contributed by atoms with Crippen molar-refractivity contribution >= 4 is 14.4 Å². The second kappa shape index (κ2) is 21.9. The van der Waals surface area contributed by atoms with Gasteiger partial charge in [0.05, 0.1) is 18.9 Å². The van der Waals surface area contributed by atoms with E-state index in [9.17, 15) is 10.2 Å². The first-order chi connectivity index (χ1) is 21.6. The first-order valence-corrected chi connectivity index (χ1v) is 18.4.